The first-order valence-electron chi connectivity index (χ1n) is 9.79. The van der Waals surface area contributed by atoms with Crippen LogP contribution in [0.1, 0.15) is 33.7 Å². The van der Waals surface area contributed by atoms with Crippen molar-refractivity contribution in [3.05, 3.63) is 89.4 Å². The second-order valence-corrected chi connectivity index (χ2v) is 9.25. The van der Waals surface area contributed by atoms with Gasteiger partial charge in [0.2, 0.25) is 10.0 Å². The molecule has 0 aliphatic heterocycles. The van der Waals surface area contributed by atoms with Crippen molar-refractivity contribution in [2.45, 2.75) is 31.2 Å². The van der Waals surface area contributed by atoms with Crippen LogP contribution in [-0.4, -0.2) is 32.2 Å². The third-order valence-corrected chi connectivity index (χ3v) is 6.63. The first kappa shape index (κ1) is 21.8. The Morgan fingerprint density at radius 3 is 2.37 bits per heavy atom. The molecule has 1 N–H and O–H groups in total. The molecule has 1 amide bonds. The highest BCUT2D eigenvalue weighted by atomic mass is 32.2. The Hall–Kier alpha value is -2.90. The average molecular weight is 427 g/mol. The number of hydrogen-bond donors (Lipinski definition) is 1. The number of aryl methyl sites for hydroxylation is 2. The quantitative estimate of drug-likeness (QED) is 0.528. The fourth-order valence-electron chi connectivity index (χ4n) is 3.02. The summed E-state index contributed by atoms with van der Waals surface area (Å²) in [5.74, 6) is 0.750. The van der Waals surface area contributed by atoms with E-state index in [1.807, 2.05) is 19.1 Å². The third kappa shape index (κ3) is 5.58. The van der Waals surface area contributed by atoms with Crippen molar-refractivity contribution in [1.82, 2.24) is 9.62 Å². The number of benzene rings is 2. The van der Waals surface area contributed by atoms with Crippen molar-refractivity contribution in [3.63, 3.8) is 0 Å². The van der Waals surface area contributed by atoms with Gasteiger partial charge < -0.3 is 9.73 Å². The van der Waals surface area contributed by atoms with Gasteiger partial charge in [0, 0.05) is 32.1 Å². The number of nitrogens with one attached hydrogen (secondary N) is 1. The van der Waals surface area contributed by atoms with Gasteiger partial charge in [0.05, 0.1) is 11.2 Å². The maximum absolute atomic E-state index is 12.7. The van der Waals surface area contributed by atoms with Crippen LogP contribution in [-0.2, 0) is 23.0 Å². The van der Waals surface area contributed by atoms with Crippen LogP contribution in [0.3, 0.4) is 0 Å². The minimum Gasteiger partial charge on any atom is -0.469 e. The van der Waals surface area contributed by atoms with Gasteiger partial charge in [-0.2, -0.15) is 4.31 Å². The van der Waals surface area contributed by atoms with Gasteiger partial charge in [0.1, 0.15) is 5.76 Å². The summed E-state index contributed by atoms with van der Waals surface area (Å²) in [4.78, 5) is 12.5. The predicted molar refractivity (Wildman–Crippen MR) is 116 cm³/mol. The number of nitrogens with zero attached hydrogens (tertiary/aromatic N) is 1. The number of rotatable bonds is 9. The highest BCUT2D eigenvalue weighted by molar-refractivity contribution is 7.89. The molecule has 0 saturated carbocycles. The van der Waals surface area contributed by atoms with E-state index in [0.29, 0.717) is 12.1 Å². The highest BCUT2D eigenvalue weighted by Crippen LogP contribution is 2.17. The molecule has 0 unspecified atom stereocenters. The predicted octanol–water partition coefficient (Wildman–Crippen LogP) is 3.77. The smallest absolute Gasteiger partial charge is 0.251 e. The van der Waals surface area contributed by atoms with Crippen LogP contribution < -0.4 is 5.32 Å². The molecular formula is C23H26N2O4S. The lowest BCUT2D eigenvalue weighted by atomic mass is 10.1. The summed E-state index contributed by atoms with van der Waals surface area (Å²) in [6.07, 6.45) is 3.20. The zero-order valence-corrected chi connectivity index (χ0v) is 18.0. The van der Waals surface area contributed by atoms with Gasteiger partial charge in [-0.3, -0.25) is 4.79 Å². The lowest BCUT2D eigenvalue weighted by molar-refractivity contribution is 0.0953. The zero-order valence-electron chi connectivity index (χ0n) is 17.2. The van der Waals surface area contributed by atoms with Gasteiger partial charge in [-0.05, 0) is 55.3 Å². The Kier molecular flexibility index (Phi) is 7.07. The molecule has 6 nitrogen and oxygen atoms in total. The molecule has 7 heteroatoms. The molecule has 30 heavy (non-hydrogen) atoms. The molecule has 3 rings (SSSR count). The molecule has 0 fully saturated rings. The fourth-order valence-corrected chi connectivity index (χ4v) is 4.17. The van der Waals surface area contributed by atoms with Gasteiger partial charge in [0.15, 0.2) is 0 Å². The van der Waals surface area contributed by atoms with E-state index in [0.717, 1.165) is 29.7 Å². The summed E-state index contributed by atoms with van der Waals surface area (Å²) in [5.41, 5.74) is 2.36. The van der Waals surface area contributed by atoms with E-state index in [1.54, 1.807) is 61.8 Å². The van der Waals surface area contributed by atoms with E-state index in [4.69, 9.17) is 4.42 Å². The van der Waals surface area contributed by atoms with E-state index >= 15 is 0 Å². The van der Waals surface area contributed by atoms with Crippen LogP contribution in [0.5, 0.6) is 0 Å². The third-order valence-electron chi connectivity index (χ3n) is 4.82. The molecule has 0 atom stereocenters. The van der Waals surface area contributed by atoms with Crippen LogP contribution in [0.15, 0.2) is 76.2 Å². The van der Waals surface area contributed by atoms with Crippen molar-refractivity contribution >= 4 is 15.9 Å². The lowest BCUT2D eigenvalue weighted by Crippen LogP contribution is -2.27. The fraction of sp³-hybridized carbons (Fsp3) is 0.261. The van der Waals surface area contributed by atoms with Gasteiger partial charge in [-0.15, -0.1) is 0 Å². The monoisotopic (exact) mass is 426 g/mol. The maximum Gasteiger partial charge on any atom is 0.251 e. The number of furan rings is 1. The van der Waals surface area contributed by atoms with E-state index in [1.165, 1.54) is 4.31 Å². The van der Waals surface area contributed by atoms with Crippen molar-refractivity contribution in [2.75, 3.05) is 13.6 Å². The summed E-state index contributed by atoms with van der Waals surface area (Å²) in [7, 11) is -2.02. The van der Waals surface area contributed by atoms with Crippen molar-refractivity contribution in [1.29, 1.82) is 0 Å². The van der Waals surface area contributed by atoms with E-state index in [-0.39, 0.29) is 17.3 Å². The Bertz CT molecular complexity index is 1060. The number of sulfonamides is 1. The summed E-state index contributed by atoms with van der Waals surface area (Å²) in [6.45, 7) is 2.69. The topological polar surface area (TPSA) is 79.6 Å². The van der Waals surface area contributed by atoms with E-state index < -0.39 is 10.0 Å². The van der Waals surface area contributed by atoms with Crippen LogP contribution in [0.25, 0.3) is 0 Å². The second kappa shape index (κ2) is 9.73. The van der Waals surface area contributed by atoms with Crippen LogP contribution in [0.4, 0.5) is 0 Å². The van der Waals surface area contributed by atoms with Gasteiger partial charge in [-0.25, -0.2) is 8.42 Å². The van der Waals surface area contributed by atoms with Gasteiger partial charge >= 0.3 is 0 Å². The molecular weight excluding hydrogens is 400 g/mol. The average Bonchev–Trinajstić information content (AvgIpc) is 3.25. The first-order chi connectivity index (χ1) is 14.4. The van der Waals surface area contributed by atoms with Crippen LogP contribution in [0, 0.1) is 6.92 Å². The number of hydrogen-bond acceptors (Lipinski definition) is 4. The molecule has 0 aliphatic carbocycles. The second-order valence-electron chi connectivity index (χ2n) is 7.21. The minimum absolute atomic E-state index is 0.151. The molecule has 158 valence electrons. The van der Waals surface area contributed by atoms with Crippen molar-refractivity contribution < 1.29 is 17.6 Å². The van der Waals surface area contributed by atoms with Crippen LogP contribution in [0.2, 0.25) is 0 Å². The molecule has 2 aromatic carbocycles. The summed E-state index contributed by atoms with van der Waals surface area (Å²) >= 11 is 0. The Balaban J connectivity index is 1.53. The summed E-state index contributed by atoms with van der Waals surface area (Å²) < 4.78 is 32.0. The molecule has 0 saturated heterocycles. The molecule has 0 bridgehead atoms. The summed E-state index contributed by atoms with van der Waals surface area (Å²) in [5, 5.41) is 2.89. The molecule has 3 aromatic rings. The van der Waals surface area contributed by atoms with Crippen LogP contribution >= 0.6 is 0 Å². The SMILES string of the molecule is Cc1ccc(S(=O)(=O)N(C)Cc2ccc(C(=O)NCCCc3ccco3)cc2)cc1. The summed E-state index contributed by atoms with van der Waals surface area (Å²) in [6, 6.07) is 17.5. The number of amides is 1. The molecule has 1 aromatic heterocycles. The minimum atomic E-state index is -3.57. The normalized spacial score (nSPS) is 11.6. The van der Waals surface area contributed by atoms with Gasteiger partial charge in [-0.1, -0.05) is 29.8 Å². The van der Waals surface area contributed by atoms with Gasteiger partial charge in [0.25, 0.3) is 5.91 Å². The zero-order chi connectivity index (χ0) is 21.6. The Morgan fingerprint density at radius 1 is 1.03 bits per heavy atom. The molecule has 1 heterocycles. The van der Waals surface area contributed by atoms with E-state index in [9.17, 15) is 13.2 Å². The Morgan fingerprint density at radius 2 is 1.73 bits per heavy atom. The van der Waals surface area contributed by atoms with E-state index in [2.05, 4.69) is 5.32 Å². The molecule has 0 radical (unpaired) electrons. The Labute approximate surface area is 177 Å². The lowest BCUT2D eigenvalue weighted by Gasteiger charge is -2.17. The largest absolute Gasteiger partial charge is 0.469 e. The number of carbonyl (C=O) groups is 1. The molecule has 0 spiro atoms. The highest BCUT2D eigenvalue weighted by Gasteiger charge is 2.20. The maximum atomic E-state index is 12.7. The molecule has 0 aliphatic rings. The first-order valence-corrected chi connectivity index (χ1v) is 11.2. The standard InChI is InChI=1S/C23H26N2O4S/c1-18-7-13-22(14-8-18)30(27,28)25(2)17-19-9-11-20(12-10-19)23(26)24-15-3-5-21-6-4-16-29-21/h4,6-14,16H,3,5,15,17H2,1-2H3,(H,24,26). The van der Waals surface area contributed by atoms with Crippen molar-refractivity contribution in [3.8, 4) is 0 Å². The van der Waals surface area contributed by atoms with Crippen molar-refractivity contribution in [2.24, 2.45) is 0 Å². The number of carbonyl (C=O) groups excluding carboxylic acids is 1.